The zero-order valence-corrected chi connectivity index (χ0v) is 19.4. The highest BCUT2D eigenvalue weighted by Gasteiger charge is 2.14. The van der Waals surface area contributed by atoms with Gasteiger partial charge in [0.15, 0.2) is 11.5 Å². The van der Waals surface area contributed by atoms with E-state index < -0.39 is 17.1 Å². The summed E-state index contributed by atoms with van der Waals surface area (Å²) in [4.78, 5) is 10.6. The number of carboxylic acid groups (broad SMARTS) is 1. The van der Waals surface area contributed by atoms with Crippen LogP contribution in [0.15, 0.2) is 35.7 Å². The number of benzene rings is 2. The number of carboxylic acids is 1. The summed E-state index contributed by atoms with van der Waals surface area (Å²) in [7, 11) is 6.16. The van der Waals surface area contributed by atoms with Crippen LogP contribution in [0, 0.1) is 0 Å². The third-order valence-corrected chi connectivity index (χ3v) is 5.53. The molecule has 2 aromatic carbocycles. The van der Waals surface area contributed by atoms with Gasteiger partial charge in [0, 0.05) is 30.2 Å². The van der Waals surface area contributed by atoms with Crippen molar-refractivity contribution in [3.05, 3.63) is 46.9 Å². The Morgan fingerprint density at radius 3 is 2.19 bits per heavy atom. The number of aliphatic carboxylic acids is 1. The first-order valence-corrected chi connectivity index (χ1v) is 11.2. The fraction of sp³-hybridized carbons (Fsp3) is 0.348. The molecule has 0 spiro atoms. The number of ether oxygens (including phenoxy) is 5. The minimum atomic E-state index is -1.33. The summed E-state index contributed by atoms with van der Waals surface area (Å²) >= 11 is -1.33. The Hall–Kier alpha value is -3.04. The van der Waals surface area contributed by atoms with Gasteiger partial charge in [-0.1, -0.05) is 6.07 Å². The second kappa shape index (κ2) is 12.7. The summed E-state index contributed by atoms with van der Waals surface area (Å²) in [6.45, 7) is 0.242. The van der Waals surface area contributed by atoms with Crippen molar-refractivity contribution in [2.24, 2.45) is 0 Å². The molecule has 0 aliphatic heterocycles. The summed E-state index contributed by atoms with van der Waals surface area (Å²) in [5.74, 6) is 2.06. The molecule has 1 unspecified atom stereocenters. The molecule has 1 atom stereocenters. The molecule has 0 heterocycles. The summed E-state index contributed by atoms with van der Waals surface area (Å²) in [6.07, 6.45) is 2.10. The molecule has 32 heavy (non-hydrogen) atoms. The smallest absolute Gasteiger partial charge is 0.303 e. The monoisotopic (exact) mass is 464 g/mol. The lowest BCUT2D eigenvalue weighted by Crippen LogP contribution is -2.05. The van der Waals surface area contributed by atoms with E-state index in [9.17, 15) is 9.35 Å². The number of carbonyl (C=O) groups is 1. The Morgan fingerprint density at radius 1 is 0.969 bits per heavy atom. The molecule has 174 valence electrons. The van der Waals surface area contributed by atoms with E-state index in [2.05, 4.69) is 0 Å². The zero-order chi connectivity index (χ0) is 23.5. The van der Waals surface area contributed by atoms with Gasteiger partial charge in [-0.05, 0) is 29.7 Å². The lowest BCUT2D eigenvalue weighted by molar-refractivity contribution is -0.137. The molecular formula is C23H28O8S. The quantitative estimate of drug-likeness (QED) is 0.352. The van der Waals surface area contributed by atoms with E-state index in [0.717, 1.165) is 5.56 Å². The number of hydrogen-bond acceptors (Lipinski definition) is 7. The van der Waals surface area contributed by atoms with Gasteiger partial charge < -0.3 is 33.3 Å². The molecule has 2 aromatic rings. The zero-order valence-electron chi connectivity index (χ0n) is 18.6. The van der Waals surface area contributed by atoms with Crippen LogP contribution >= 0.6 is 0 Å². The molecule has 0 radical (unpaired) electrons. The summed E-state index contributed by atoms with van der Waals surface area (Å²) in [5.41, 5.74) is 1.44. The Bertz CT molecular complexity index is 903. The van der Waals surface area contributed by atoms with Crippen molar-refractivity contribution in [2.75, 3.05) is 35.0 Å². The highest BCUT2D eigenvalue weighted by atomic mass is 32.2. The fourth-order valence-corrected chi connectivity index (χ4v) is 3.77. The SMILES string of the molecule is COc1cc(OC)c(/C=C/[S+]([O-])Cc2ccc(OC)c(OCCCC(=O)O)c2)c(OC)c1. The predicted octanol–water partition coefficient (Wildman–Crippen LogP) is 3.88. The molecule has 2 rings (SSSR count). The number of rotatable bonds is 13. The van der Waals surface area contributed by atoms with Gasteiger partial charge in [0.25, 0.3) is 0 Å². The maximum absolute atomic E-state index is 12.7. The number of methoxy groups -OCH3 is 4. The van der Waals surface area contributed by atoms with Crippen LogP contribution in [0.2, 0.25) is 0 Å². The molecule has 9 heteroatoms. The van der Waals surface area contributed by atoms with Gasteiger partial charge in [-0.2, -0.15) is 0 Å². The minimum Gasteiger partial charge on any atom is -0.612 e. The van der Waals surface area contributed by atoms with Crippen molar-refractivity contribution in [1.82, 2.24) is 0 Å². The largest absolute Gasteiger partial charge is 0.612 e. The Labute approximate surface area is 190 Å². The molecule has 0 amide bonds. The average molecular weight is 465 g/mol. The normalized spacial score (nSPS) is 11.8. The van der Waals surface area contributed by atoms with Gasteiger partial charge >= 0.3 is 5.97 Å². The molecule has 8 nitrogen and oxygen atoms in total. The third kappa shape index (κ3) is 7.28. The van der Waals surface area contributed by atoms with Crippen LogP contribution in [0.3, 0.4) is 0 Å². The Morgan fingerprint density at radius 2 is 1.62 bits per heavy atom. The standard InChI is InChI=1S/C23H28O8S/c1-27-17-13-20(29-3)18(21(14-17)30-4)9-11-32(26)15-16-7-8-19(28-2)22(12-16)31-10-5-6-23(24)25/h7-9,11-14H,5-6,10,15H2,1-4H3,(H,24,25)/b11-9+. The first-order valence-electron chi connectivity index (χ1n) is 9.78. The van der Waals surface area contributed by atoms with E-state index in [4.69, 9.17) is 28.8 Å². The van der Waals surface area contributed by atoms with Crippen LogP contribution in [0.1, 0.15) is 24.0 Å². The van der Waals surface area contributed by atoms with Crippen LogP contribution in [0.5, 0.6) is 28.7 Å². The second-order valence-corrected chi connectivity index (χ2v) is 7.93. The van der Waals surface area contributed by atoms with Crippen molar-refractivity contribution < 1.29 is 38.1 Å². The average Bonchev–Trinajstić information content (AvgIpc) is 2.79. The molecule has 0 saturated carbocycles. The highest BCUT2D eigenvalue weighted by Crippen LogP contribution is 2.35. The second-order valence-electron chi connectivity index (χ2n) is 6.60. The maximum atomic E-state index is 12.7. The van der Waals surface area contributed by atoms with Crippen LogP contribution in [-0.4, -0.2) is 50.7 Å². The van der Waals surface area contributed by atoms with Crippen LogP contribution in [0.25, 0.3) is 6.08 Å². The van der Waals surface area contributed by atoms with Crippen LogP contribution in [-0.2, 0) is 21.7 Å². The van der Waals surface area contributed by atoms with E-state index in [-0.39, 0.29) is 18.8 Å². The number of hydrogen-bond donors (Lipinski definition) is 1. The van der Waals surface area contributed by atoms with Crippen molar-refractivity contribution in [3.63, 3.8) is 0 Å². The minimum absolute atomic E-state index is 0.0229. The van der Waals surface area contributed by atoms with E-state index in [1.165, 1.54) is 21.3 Å². The van der Waals surface area contributed by atoms with Gasteiger partial charge in [-0.3, -0.25) is 4.79 Å². The summed E-state index contributed by atoms with van der Waals surface area (Å²) in [5, 5.41) is 10.3. The molecule has 0 aliphatic rings. The molecule has 0 fully saturated rings. The van der Waals surface area contributed by atoms with Gasteiger partial charge in [0.2, 0.25) is 0 Å². The van der Waals surface area contributed by atoms with Gasteiger partial charge in [0.1, 0.15) is 28.4 Å². The lowest BCUT2D eigenvalue weighted by atomic mass is 10.1. The Kier molecular flexibility index (Phi) is 10.0. The lowest BCUT2D eigenvalue weighted by Gasteiger charge is -2.14. The molecule has 0 saturated heterocycles. The predicted molar refractivity (Wildman–Crippen MR) is 122 cm³/mol. The Balaban J connectivity index is 2.12. The van der Waals surface area contributed by atoms with Gasteiger partial charge in [0.05, 0.1) is 40.6 Å². The van der Waals surface area contributed by atoms with Crippen molar-refractivity contribution >= 4 is 23.2 Å². The molecular weight excluding hydrogens is 436 g/mol. The first-order chi connectivity index (χ1) is 15.4. The summed E-state index contributed by atoms with van der Waals surface area (Å²) in [6, 6.07) is 8.74. The first kappa shape index (κ1) is 25.2. The third-order valence-electron chi connectivity index (χ3n) is 4.47. The van der Waals surface area contributed by atoms with E-state index >= 15 is 0 Å². The van der Waals surface area contributed by atoms with E-state index in [1.54, 1.807) is 42.9 Å². The molecule has 0 aromatic heterocycles. The topological polar surface area (TPSA) is 107 Å². The van der Waals surface area contributed by atoms with Gasteiger partial charge in [-0.25, -0.2) is 0 Å². The van der Waals surface area contributed by atoms with Gasteiger partial charge in [-0.15, -0.1) is 0 Å². The summed E-state index contributed by atoms with van der Waals surface area (Å²) < 4.78 is 39.7. The van der Waals surface area contributed by atoms with Crippen molar-refractivity contribution in [1.29, 1.82) is 0 Å². The molecule has 1 N–H and O–H groups in total. The molecule has 0 aliphatic carbocycles. The fourth-order valence-electron chi connectivity index (χ4n) is 2.88. The van der Waals surface area contributed by atoms with Crippen LogP contribution in [0.4, 0.5) is 0 Å². The highest BCUT2D eigenvalue weighted by molar-refractivity contribution is 7.93. The van der Waals surface area contributed by atoms with Crippen LogP contribution < -0.4 is 23.7 Å². The van der Waals surface area contributed by atoms with E-state index in [1.807, 2.05) is 6.07 Å². The van der Waals surface area contributed by atoms with Crippen molar-refractivity contribution in [2.45, 2.75) is 18.6 Å². The molecule has 0 bridgehead atoms. The van der Waals surface area contributed by atoms with E-state index in [0.29, 0.717) is 40.7 Å². The van der Waals surface area contributed by atoms with Crippen molar-refractivity contribution in [3.8, 4) is 28.7 Å². The maximum Gasteiger partial charge on any atom is 0.303 e.